The lowest BCUT2D eigenvalue weighted by Gasteiger charge is -2.15. The zero-order chi connectivity index (χ0) is 17.8. The van der Waals surface area contributed by atoms with Crippen LogP contribution in [0.1, 0.15) is 36.0 Å². The minimum absolute atomic E-state index is 0.0640. The van der Waals surface area contributed by atoms with Gasteiger partial charge in [0, 0.05) is 17.4 Å². The Hall–Kier alpha value is -2.79. The number of nitrogens with one attached hydrogen (secondary N) is 2. The molecule has 1 heterocycles. The summed E-state index contributed by atoms with van der Waals surface area (Å²) in [5.74, 6) is 0.457. The first-order valence-corrected chi connectivity index (χ1v) is 8.33. The third kappa shape index (κ3) is 4.19. The third-order valence-electron chi connectivity index (χ3n) is 3.85. The molecule has 130 valence electrons. The number of carbonyl (C=O) groups is 1. The quantitative estimate of drug-likeness (QED) is 0.645. The maximum atomic E-state index is 12.3. The molecule has 0 bridgehead atoms. The monoisotopic (exact) mass is 338 g/mol. The fourth-order valence-corrected chi connectivity index (χ4v) is 2.67. The first kappa shape index (κ1) is 17.0. The zero-order valence-corrected chi connectivity index (χ0v) is 14.3. The highest BCUT2D eigenvalue weighted by atomic mass is 16.5. The molecule has 5 heteroatoms. The van der Waals surface area contributed by atoms with Crippen LogP contribution in [0.4, 0.5) is 0 Å². The lowest BCUT2D eigenvalue weighted by atomic mass is 10.1. The van der Waals surface area contributed by atoms with Crippen LogP contribution in [-0.2, 0) is 0 Å². The Morgan fingerprint density at radius 3 is 2.72 bits per heavy atom. The predicted octanol–water partition coefficient (Wildman–Crippen LogP) is 3.42. The van der Waals surface area contributed by atoms with Crippen LogP contribution in [0.2, 0.25) is 0 Å². The number of hydrogen-bond acceptors (Lipinski definition) is 3. The van der Waals surface area contributed by atoms with Crippen LogP contribution in [0, 0.1) is 0 Å². The van der Waals surface area contributed by atoms with E-state index in [4.69, 9.17) is 4.74 Å². The van der Waals surface area contributed by atoms with Gasteiger partial charge in [-0.25, -0.2) is 0 Å². The maximum absolute atomic E-state index is 12.3. The molecule has 0 aliphatic carbocycles. The van der Waals surface area contributed by atoms with Gasteiger partial charge in [-0.1, -0.05) is 30.3 Å². The van der Waals surface area contributed by atoms with Gasteiger partial charge in [-0.2, -0.15) is 0 Å². The summed E-state index contributed by atoms with van der Waals surface area (Å²) < 4.78 is 5.63. The second-order valence-corrected chi connectivity index (χ2v) is 6.24. The van der Waals surface area contributed by atoms with Crippen molar-refractivity contribution in [1.29, 1.82) is 0 Å². The summed E-state index contributed by atoms with van der Waals surface area (Å²) in [5, 5.41) is 14.1. The molecule has 0 radical (unpaired) electrons. The van der Waals surface area contributed by atoms with E-state index in [2.05, 4.69) is 10.3 Å². The fraction of sp³-hybridized carbons (Fsp3) is 0.250. The Morgan fingerprint density at radius 2 is 1.96 bits per heavy atom. The van der Waals surface area contributed by atoms with Gasteiger partial charge < -0.3 is 20.1 Å². The molecule has 3 rings (SSSR count). The van der Waals surface area contributed by atoms with Crippen LogP contribution >= 0.6 is 0 Å². The summed E-state index contributed by atoms with van der Waals surface area (Å²) in [7, 11) is 0. The number of hydrogen-bond donors (Lipinski definition) is 3. The third-order valence-corrected chi connectivity index (χ3v) is 3.85. The number of amides is 1. The molecule has 1 amide bonds. The van der Waals surface area contributed by atoms with Gasteiger partial charge in [0.25, 0.3) is 5.91 Å². The molecule has 0 aliphatic rings. The molecule has 5 nitrogen and oxygen atoms in total. The number of benzene rings is 2. The van der Waals surface area contributed by atoms with Gasteiger partial charge in [-0.05, 0) is 43.7 Å². The zero-order valence-electron chi connectivity index (χ0n) is 14.3. The summed E-state index contributed by atoms with van der Waals surface area (Å²) in [6, 6.07) is 16.8. The SMILES string of the molecule is CC(C)Oc1cccc(C(O)CNC(=O)c2cc3ccccc3[nH]2)c1. The van der Waals surface area contributed by atoms with E-state index in [1.807, 2.05) is 56.3 Å². The van der Waals surface area contributed by atoms with E-state index >= 15 is 0 Å². The summed E-state index contributed by atoms with van der Waals surface area (Å²) >= 11 is 0. The minimum atomic E-state index is -0.802. The molecule has 0 saturated heterocycles. The Kier molecular flexibility index (Phi) is 5.05. The maximum Gasteiger partial charge on any atom is 0.267 e. The van der Waals surface area contributed by atoms with Crippen LogP contribution in [-0.4, -0.2) is 28.6 Å². The van der Waals surface area contributed by atoms with E-state index in [0.29, 0.717) is 17.0 Å². The van der Waals surface area contributed by atoms with Gasteiger partial charge in [0.1, 0.15) is 11.4 Å². The normalized spacial score (nSPS) is 12.3. The molecule has 3 N–H and O–H groups in total. The average molecular weight is 338 g/mol. The van der Waals surface area contributed by atoms with Crippen molar-refractivity contribution in [2.24, 2.45) is 0 Å². The summed E-state index contributed by atoms with van der Waals surface area (Å²) in [4.78, 5) is 15.4. The van der Waals surface area contributed by atoms with Gasteiger partial charge in [-0.3, -0.25) is 4.79 Å². The number of aromatic nitrogens is 1. The molecular formula is C20H22N2O3. The minimum Gasteiger partial charge on any atom is -0.491 e. The predicted molar refractivity (Wildman–Crippen MR) is 97.8 cm³/mol. The van der Waals surface area contributed by atoms with Crippen molar-refractivity contribution in [2.45, 2.75) is 26.1 Å². The number of fused-ring (bicyclic) bond motifs is 1. The van der Waals surface area contributed by atoms with Crippen molar-refractivity contribution in [3.05, 3.63) is 65.9 Å². The Labute approximate surface area is 146 Å². The molecule has 25 heavy (non-hydrogen) atoms. The lowest BCUT2D eigenvalue weighted by molar-refractivity contribution is 0.0912. The average Bonchev–Trinajstić information content (AvgIpc) is 3.03. The number of aromatic amines is 1. The van der Waals surface area contributed by atoms with E-state index in [-0.39, 0.29) is 18.6 Å². The van der Waals surface area contributed by atoms with Crippen LogP contribution in [0.15, 0.2) is 54.6 Å². The number of para-hydroxylation sites is 1. The molecule has 1 unspecified atom stereocenters. The van der Waals surface area contributed by atoms with Crippen molar-refractivity contribution in [1.82, 2.24) is 10.3 Å². The van der Waals surface area contributed by atoms with Crippen molar-refractivity contribution in [2.75, 3.05) is 6.54 Å². The number of aliphatic hydroxyl groups excluding tert-OH is 1. The number of ether oxygens (including phenoxy) is 1. The largest absolute Gasteiger partial charge is 0.491 e. The first-order valence-electron chi connectivity index (χ1n) is 8.33. The van der Waals surface area contributed by atoms with Crippen molar-refractivity contribution >= 4 is 16.8 Å². The van der Waals surface area contributed by atoms with Gasteiger partial charge in [0.2, 0.25) is 0 Å². The van der Waals surface area contributed by atoms with Gasteiger partial charge in [-0.15, -0.1) is 0 Å². The highest BCUT2D eigenvalue weighted by Crippen LogP contribution is 2.20. The summed E-state index contributed by atoms with van der Waals surface area (Å²) in [6.45, 7) is 4.02. The van der Waals surface area contributed by atoms with E-state index in [0.717, 1.165) is 10.9 Å². The number of aliphatic hydroxyl groups is 1. The molecule has 3 aromatic rings. The number of H-pyrrole nitrogens is 1. The highest BCUT2D eigenvalue weighted by molar-refractivity contribution is 5.97. The van der Waals surface area contributed by atoms with E-state index < -0.39 is 6.10 Å². The molecular weight excluding hydrogens is 316 g/mol. The smallest absolute Gasteiger partial charge is 0.267 e. The number of rotatable bonds is 6. The van der Waals surface area contributed by atoms with Crippen molar-refractivity contribution in [3.63, 3.8) is 0 Å². The summed E-state index contributed by atoms with van der Waals surface area (Å²) in [6.07, 6.45) is -0.738. The van der Waals surface area contributed by atoms with Gasteiger partial charge >= 0.3 is 0 Å². The van der Waals surface area contributed by atoms with Crippen molar-refractivity contribution < 1.29 is 14.6 Å². The van der Waals surface area contributed by atoms with Crippen LogP contribution in [0.3, 0.4) is 0 Å². The topological polar surface area (TPSA) is 74.3 Å². The second kappa shape index (κ2) is 7.40. The summed E-state index contributed by atoms with van der Waals surface area (Å²) in [5.41, 5.74) is 2.09. The van der Waals surface area contributed by atoms with E-state index in [1.165, 1.54) is 0 Å². The van der Waals surface area contributed by atoms with E-state index in [1.54, 1.807) is 12.1 Å². The standard InChI is InChI=1S/C20H22N2O3/c1-13(2)25-16-8-5-7-15(10-16)19(23)12-21-20(24)18-11-14-6-3-4-9-17(14)22-18/h3-11,13,19,22-23H,12H2,1-2H3,(H,21,24). The van der Waals surface area contributed by atoms with Gasteiger partial charge in [0.15, 0.2) is 0 Å². The second-order valence-electron chi connectivity index (χ2n) is 6.24. The molecule has 0 aliphatic heterocycles. The molecule has 0 spiro atoms. The first-order chi connectivity index (χ1) is 12.0. The fourth-order valence-electron chi connectivity index (χ4n) is 2.67. The van der Waals surface area contributed by atoms with Crippen LogP contribution < -0.4 is 10.1 Å². The number of carbonyl (C=O) groups excluding carboxylic acids is 1. The van der Waals surface area contributed by atoms with Crippen LogP contribution in [0.25, 0.3) is 10.9 Å². The molecule has 2 aromatic carbocycles. The Balaban J connectivity index is 1.63. The molecule has 1 atom stereocenters. The van der Waals surface area contributed by atoms with Crippen LogP contribution in [0.5, 0.6) is 5.75 Å². The molecule has 0 fully saturated rings. The lowest BCUT2D eigenvalue weighted by Crippen LogP contribution is -2.28. The highest BCUT2D eigenvalue weighted by Gasteiger charge is 2.13. The van der Waals surface area contributed by atoms with E-state index in [9.17, 15) is 9.90 Å². The molecule has 0 saturated carbocycles. The van der Waals surface area contributed by atoms with Gasteiger partial charge in [0.05, 0.1) is 12.2 Å². The Morgan fingerprint density at radius 1 is 1.16 bits per heavy atom. The Bertz CT molecular complexity index is 837. The molecule has 1 aromatic heterocycles. The van der Waals surface area contributed by atoms with Crippen molar-refractivity contribution in [3.8, 4) is 5.75 Å².